The van der Waals surface area contributed by atoms with E-state index in [4.69, 9.17) is 11.6 Å². The summed E-state index contributed by atoms with van der Waals surface area (Å²) in [5.41, 5.74) is 4.50. The highest BCUT2D eigenvalue weighted by Gasteiger charge is 2.07. The van der Waals surface area contributed by atoms with Gasteiger partial charge >= 0.3 is 0 Å². The second-order valence-corrected chi connectivity index (χ2v) is 6.25. The molecule has 0 bridgehead atoms. The maximum Gasteiger partial charge on any atom is 0.255 e. The Balaban J connectivity index is 1.54. The van der Waals surface area contributed by atoms with E-state index in [-0.39, 0.29) is 5.91 Å². The van der Waals surface area contributed by atoms with Gasteiger partial charge in [-0.25, -0.2) is 0 Å². The number of anilines is 1. The first-order valence-corrected chi connectivity index (χ1v) is 8.32. The summed E-state index contributed by atoms with van der Waals surface area (Å²) < 4.78 is 0. The van der Waals surface area contributed by atoms with Gasteiger partial charge in [0.1, 0.15) is 0 Å². The molecule has 0 radical (unpaired) electrons. The molecule has 0 saturated carbocycles. The minimum atomic E-state index is -0.180. The average molecular weight is 347 g/mol. The Bertz CT molecular complexity index is 1020. The van der Waals surface area contributed by atoms with Gasteiger partial charge in [-0.1, -0.05) is 48.0 Å². The van der Waals surface area contributed by atoms with Crippen molar-refractivity contribution in [2.45, 2.75) is 0 Å². The van der Waals surface area contributed by atoms with Gasteiger partial charge in [-0.2, -0.15) is 0 Å². The Labute approximate surface area is 150 Å². The number of rotatable bonds is 3. The first-order chi connectivity index (χ1) is 12.2. The van der Waals surface area contributed by atoms with E-state index in [0.717, 1.165) is 22.5 Å². The summed E-state index contributed by atoms with van der Waals surface area (Å²) in [7, 11) is 0. The minimum absolute atomic E-state index is 0.180. The van der Waals surface area contributed by atoms with Crippen LogP contribution in [0.2, 0.25) is 5.02 Å². The second kappa shape index (κ2) is 6.46. The predicted octanol–water partition coefficient (Wildman–Crippen LogP) is 5.74. The molecule has 4 aromatic rings. The first kappa shape index (κ1) is 15.5. The van der Waals surface area contributed by atoms with Crippen LogP contribution in [0.5, 0.6) is 0 Å². The predicted molar refractivity (Wildman–Crippen MR) is 103 cm³/mol. The third-order valence-electron chi connectivity index (χ3n) is 4.07. The number of nitrogens with one attached hydrogen (secondary N) is 2. The third-order valence-corrected chi connectivity index (χ3v) is 4.31. The van der Waals surface area contributed by atoms with Gasteiger partial charge in [0.15, 0.2) is 0 Å². The van der Waals surface area contributed by atoms with Gasteiger partial charge in [-0.05, 0) is 48.0 Å². The van der Waals surface area contributed by atoms with Crippen LogP contribution in [0.1, 0.15) is 10.4 Å². The molecule has 0 aliphatic heterocycles. The van der Waals surface area contributed by atoms with Crippen molar-refractivity contribution in [3.8, 4) is 11.3 Å². The number of H-pyrrole nitrogens is 1. The molecule has 0 aliphatic rings. The van der Waals surface area contributed by atoms with Crippen molar-refractivity contribution < 1.29 is 4.79 Å². The van der Waals surface area contributed by atoms with Gasteiger partial charge in [0.2, 0.25) is 0 Å². The number of amides is 1. The zero-order valence-corrected chi connectivity index (χ0v) is 14.0. The number of hydrogen-bond acceptors (Lipinski definition) is 1. The van der Waals surface area contributed by atoms with Crippen LogP contribution < -0.4 is 5.32 Å². The van der Waals surface area contributed by atoms with Crippen molar-refractivity contribution in [1.29, 1.82) is 0 Å². The number of benzene rings is 3. The van der Waals surface area contributed by atoms with Gasteiger partial charge in [-0.3, -0.25) is 4.79 Å². The first-order valence-electron chi connectivity index (χ1n) is 7.94. The standard InChI is InChI=1S/C21H15ClN2O/c22-17-6-3-5-16(12-17)21(25)23-18-10-8-14(9-11-18)20-13-15-4-1-2-7-19(15)24-20/h1-13,24H,(H,23,25). The monoisotopic (exact) mass is 346 g/mol. The summed E-state index contributed by atoms with van der Waals surface area (Å²) in [5, 5.41) is 4.60. The van der Waals surface area contributed by atoms with Gasteiger partial charge < -0.3 is 10.3 Å². The Hall–Kier alpha value is -3.04. The van der Waals surface area contributed by atoms with Crippen molar-refractivity contribution in [2.24, 2.45) is 0 Å². The number of aromatic nitrogens is 1. The largest absolute Gasteiger partial charge is 0.355 e. The highest BCUT2D eigenvalue weighted by atomic mass is 35.5. The van der Waals surface area contributed by atoms with E-state index in [9.17, 15) is 4.79 Å². The van der Waals surface area contributed by atoms with Crippen molar-refractivity contribution in [3.05, 3.63) is 89.4 Å². The van der Waals surface area contributed by atoms with E-state index in [2.05, 4.69) is 28.5 Å². The molecule has 4 rings (SSSR count). The van der Waals surface area contributed by atoms with Crippen LogP contribution in [-0.4, -0.2) is 10.9 Å². The van der Waals surface area contributed by atoms with Crippen LogP contribution in [0.4, 0.5) is 5.69 Å². The van der Waals surface area contributed by atoms with Gasteiger partial charge in [-0.15, -0.1) is 0 Å². The molecule has 2 N–H and O–H groups in total. The Kier molecular flexibility index (Phi) is 4.00. The van der Waals surface area contributed by atoms with Crippen molar-refractivity contribution in [3.63, 3.8) is 0 Å². The molecule has 3 nitrogen and oxygen atoms in total. The molecule has 0 saturated heterocycles. The second-order valence-electron chi connectivity index (χ2n) is 5.81. The number of carbonyl (C=O) groups is 1. The smallest absolute Gasteiger partial charge is 0.255 e. The zero-order chi connectivity index (χ0) is 17.2. The summed E-state index contributed by atoms with van der Waals surface area (Å²) in [6.07, 6.45) is 0. The molecule has 122 valence electrons. The maximum atomic E-state index is 12.3. The lowest BCUT2D eigenvalue weighted by Gasteiger charge is -2.06. The zero-order valence-electron chi connectivity index (χ0n) is 13.3. The summed E-state index contributed by atoms with van der Waals surface area (Å²) in [6.45, 7) is 0. The number of aromatic amines is 1. The van der Waals surface area contributed by atoms with Crippen LogP contribution in [0.3, 0.4) is 0 Å². The van der Waals surface area contributed by atoms with Gasteiger partial charge in [0.25, 0.3) is 5.91 Å². The molecule has 3 aromatic carbocycles. The molecule has 4 heteroatoms. The molecule has 0 unspecified atom stereocenters. The Morgan fingerprint density at radius 1 is 0.880 bits per heavy atom. The fourth-order valence-corrected chi connectivity index (χ4v) is 2.99. The van der Waals surface area contributed by atoms with E-state index in [0.29, 0.717) is 10.6 Å². The van der Waals surface area contributed by atoms with Gasteiger partial charge in [0, 0.05) is 32.9 Å². The third kappa shape index (κ3) is 3.28. The summed E-state index contributed by atoms with van der Waals surface area (Å²) in [4.78, 5) is 15.7. The molecule has 0 spiro atoms. The van der Waals surface area contributed by atoms with E-state index in [1.54, 1.807) is 24.3 Å². The van der Waals surface area contributed by atoms with Crippen molar-refractivity contribution >= 4 is 34.1 Å². The lowest BCUT2D eigenvalue weighted by Crippen LogP contribution is -2.11. The van der Waals surface area contributed by atoms with E-state index in [1.807, 2.05) is 36.4 Å². The quantitative estimate of drug-likeness (QED) is 0.488. The molecule has 0 fully saturated rings. The van der Waals surface area contributed by atoms with Crippen molar-refractivity contribution in [1.82, 2.24) is 4.98 Å². The highest BCUT2D eigenvalue weighted by molar-refractivity contribution is 6.31. The van der Waals surface area contributed by atoms with Crippen LogP contribution in [0, 0.1) is 0 Å². The molecule has 0 aliphatic carbocycles. The fourth-order valence-electron chi connectivity index (χ4n) is 2.79. The topological polar surface area (TPSA) is 44.9 Å². The van der Waals surface area contributed by atoms with Crippen LogP contribution in [-0.2, 0) is 0 Å². The molecule has 1 heterocycles. The van der Waals surface area contributed by atoms with Crippen molar-refractivity contribution in [2.75, 3.05) is 5.32 Å². The number of hydrogen-bond donors (Lipinski definition) is 2. The maximum absolute atomic E-state index is 12.3. The van der Waals surface area contributed by atoms with E-state index < -0.39 is 0 Å². The normalized spacial score (nSPS) is 10.8. The number of halogens is 1. The number of carbonyl (C=O) groups excluding carboxylic acids is 1. The van der Waals surface area contributed by atoms with E-state index >= 15 is 0 Å². The molecule has 1 aromatic heterocycles. The summed E-state index contributed by atoms with van der Waals surface area (Å²) in [5.74, 6) is -0.180. The molecule has 25 heavy (non-hydrogen) atoms. The molecular formula is C21H15ClN2O. The highest BCUT2D eigenvalue weighted by Crippen LogP contribution is 2.25. The van der Waals surface area contributed by atoms with Crippen LogP contribution >= 0.6 is 11.6 Å². The van der Waals surface area contributed by atoms with Crippen LogP contribution in [0.25, 0.3) is 22.2 Å². The van der Waals surface area contributed by atoms with Crippen LogP contribution in [0.15, 0.2) is 78.9 Å². The lowest BCUT2D eigenvalue weighted by molar-refractivity contribution is 0.102. The number of fused-ring (bicyclic) bond motifs is 1. The molecule has 1 amide bonds. The molecule has 0 atom stereocenters. The average Bonchev–Trinajstić information content (AvgIpc) is 3.06. The fraction of sp³-hybridized carbons (Fsp3) is 0. The molecular weight excluding hydrogens is 332 g/mol. The SMILES string of the molecule is O=C(Nc1ccc(-c2cc3ccccc3[nH]2)cc1)c1cccc(Cl)c1. The lowest BCUT2D eigenvalue weighted by atomic mass is 10.1. The summed E-state index contributed by atoms with van der Waals surface area (Å²) >= 11 is 5.93. The minimum Gasteiger partial charge on any atom is -0.355 e. The van der Waals surface area contributed by atoms with Gasteiger partial charge in [0.05, 0.1) is 0 Å². The summed E-state index contributed by atoms with van der Waals surface area (Å²) in [6, 6.07) is 24.9. The Morgan fingerprint density at radius 2 is 1.68 bits per heavy atom. The Morgan fingerprint density at radius 3 is 2.44 bits per heavy atom. The van der Waals surface area contributed by atoms with E-state index in [1.165, 1.54) is 5.39 Å². The number of para-hydroxylation sites is 1.